The number of anilines is 1. The van der Waals surface area contributed by atoms with Crippen molar-refractivity contribution in [1.82, 2.24) is 14.5 Å². The molecule has 156 valence electrons. The summed E-state index contributed by atoms with van der Waals surface area (Å²) in [5, 5.41) is 3.62. The first-order valence-electron chi connectivity index (χ1n) is 9.61. The lowest BCUT2D eigenvalue weighted by atomic mass is 10.2. The molecule has 2 aromatic heterocycles. The lowest BCUT2D eigenvalue weighted by molar-refractivity contribution is -0.115. The number of carbonyl (C=O) groups excluding carboxylic acids is 1. The third-order valence-electron chi connectivity index (χ3n) is 4.66. The second-order valence-electron chi connectivity index (χ2n) is 6.97. The maximum Gasteiger partial charge on any atom is 0.267 e. The normalized spacial score (nSPS) is 12.0. The van der Waals surface area contributed by atoms with Crippen LogP contribution in [-0.4, -0.2) is 25.7 Å². The van der Waals surface area contributed by atoms with Crippen LogP contribution in [0.5, 0.6) is 0 Å². The van der Waals surface area contributed by atoms with Crippen molar-refractivity contribution < 1.29 is 4.79 Å². The van der Waals surface area contributed by atoms with E-state index in [0.717, 1.165) is 5.56 Å². The number of carbonyl (C=O) groups is 1. The fraction of sp³-hybridized carbons (Fsp3) is 0.130. The van der Waals surface area contributed by atoms with Crippen LogP contribution in [0.15, 0.2) is 76.8 Å². The van der Waals surface area contributed by atoms with Crippen LogP contribution >= 0.6 is 23.4 Å². The Bertz CT molecular complexity index is 1340. The molecule has 1 unspecified atom stereocenters. The molecule has 0 bridgehead atoms. The van der Waals surface area contributed by atoms with Crippen molar-refractivity contribution in [3.8, 4) is 5.82 Å². The van der Waals surface area contributed by atoms with E-state index in [4.69, 9.17) is 11.6 Å². The van der Waals surface area contributed by atoms with Gasteiger partial charge in [-0.15, -0.1) is 0 Å². The molecule has 4 aromatic rings. The van der Waals surface area contributed by atoms with Gasteiger partial charge in [-0.2, -0.15) is 0 Å². The number of aryl methyl sites for hydroxylation is 1. The fourth-order valence-electron chi connectivity index (χ4n) is 3.04. The number of halogens is 1. The van der Waals surface area contributed by atoms with Gasteiger partial charge in [0, 0.05) is 6.20 Å². The van der Waals surface area contributed by atoms with Crippen molar-refractivity contribution in [1.29, 1.82) is 0 Å². The van der Waals surface area contributed by atoms with Gasteiger partial charge in [-0.05, 0) is 55.8 Å². The van der Waals surface area contributed by atoms with E-state index < -0.39 is 5.25 Å². The Balaban J connectivity index is 1.74. The Morgan fingerprint density at radius 1 is 1.13 bits per heavy atom. The van der Waals surface area contributed by atoms with Crippen LogP contribution in [0.1, 0.15) is 12.5 Å². The number of fused-ring (bicyclic) bond motifs is 1. The summed E-state index contributed by atoms with van der Waals surface area (Å²) in [5.74, 6) is 0.216. The van der Waals surface area contributed by atoms with Crippen molar-refractivity contribution in [2.45, 2.75) is 24.3 Å². The van der Waals surface area contributed by atoms with E-state index in [1.54, 1.807) is 55.6 Å². The van der Waals surface area contributed by atoms with E-state index in [9.17, 15) is 9.59 Å². The molecule has 1 amide bonds. The zero-order chi connectivity index (χ0) is 22.0. The molecule has 1 atom stereocenters. The van der Waals surface area contributed by atoms with Gasteiger partial charge < -0.3 is 5.32 Å². The van der Waals surface area contributed by atoms with Gasteiger partial charge in [-0.3, -0.25) is 9.59 Å². The predicted octanol–water partition coefficient (Wildman–Crippen LogP) is 4.86. The van der Waals surface area contributed by atoms with Crippen molar-refractivity contribution in [3.63, 3.8) is 0 Å². The minimum Gasteiger partial charge on any atom is -0.324 e. The molecule has 2 heterocycles. The first kappa shape index (κ1) is 21.1. The highest BCUT2D eigenvalue weighted by Gasteiger charge is 2.21. The van der Waals surface area contributed by atoms with Gasteiger partial charge in [0.05, 0.1) is 26.9 Å². The number of para-hydroxylation sites is 2. The first-order chi connectivity index (χ1) is 14.9. The number of hydrogen-bond donors (Lipinski definition) is 1. The molecular formula is C23H19ClN4O2S. The maximum atomic E-state index is 13.3. The molecule has 0 saturated carbocycles. The monoisotopic (exact) mass is 450 g/mol. The highest BCUT2D eigenvalue weighted by molar-refractivity contribution is 8.00. The van der Waals surface area contributed by atoms with Gasteiger partial charge in [0.25, 0.3) is 5.56 Å². The molecule has 4 rings (SSSR count). The van der Waals surface area contributed by atoms with E-state index >= 15 is 0 Å². The minimum atomic E-state index is -0.541. The van der Waals surface area contributed by atoms with Crippen molar-refractivity contribution in [2.24, 2.45) is 0 Å². The van der Waals surface area contributed by atoms with Crippen LogP contribution in [0.2, 0.25) is 5.02 Å². The number of rotatable bonds is 5. The SMILES string of the molecule is Cc1ccnc(-n2c(SC(C)C(=O)Nc3ccccc3Cl)nc3ccccc3c2=O)c1. The predicted molar refractivity (Wildman–Crippen MR) is 125 cm³/mol. The second-order valence-corrected chi connectivity index (χ2v) is 8.69. The Labute approximate surface area is 188 Å². The molecule has 0 aliphatic rings. The molecule has 0 fully saturated rings. The molecule has 6 nitrogen and oxygen atoms in total. The summed E-state index contributed by atoms with van der Waals surface area (Å²) in [4.78, 5) is 35.1. The van der Waals surface area contributed by atoms with Crippen LogP contribution in [-0.2, 0) is 4.79 Å². The molecule has 1 N–H and O–H groups in total. The molecule has 0 spiro atoms. The van der Waals surface area contributed by atoms with Crippen molar-refractivity contribution in [3.05, 3.63) is 87.8 Å². The summed E-state index contributed by atoms with van der Waals surface area (Å²) in [6.45, 7) is 3.68. The van der Waals surface area contributed by atoms with Crippen molar-refractivity contribution >= 4 is 45.9 Å². The number of benzene rings is 2. The summed E-state index contributed by atoms with van der Waals surface area (Å²) < 4.78 is 1.46. The fourth-order valence-corrected chi connectivity index (χ4v) is 4.14. The third kappa shape index (κ3) is 4.47. The van der Waals surface area contributed by atoms with Gasteiger partial charge in [-0.1, -0.05) is 47.6 Å². The standard InChI is InChI=1S/C23H19ClN4O2S/c1-14-11-12-25-20(13-14)28-22(30)16-7-3-5-9-18(16)27-23(28)31-15(2)21(29)26-19-10-6-4-8-17(19)24/h3-13,15H,1-2H3,(H,26,29). The number of pyridine rings is 1. The minimum absolute atomic E-state index is 0.232. The van der Waals surface area contributed by atoms with Crippen LogP contribution < -0.4 is 10.9 Å². The molecule has 31 heavy (non-hydrogen) atoms. The van der Waals surface area contributed by atoms with Crippen LogP contribution in [0.3, 0.4) is 0 Å². The molecule has 0 aliphatic carbocycles. The Morgan fingerprint density at radius 3 is 2.65 bits per heavy atom. The molecule has 0 aliphatic heterocycles. The van der Waals surface area contributed by atoms with Crippen molar-refractivity contribution in [2.75, 3.05) is 5.32 Å². The van der Waals surface area contributed by atoms with Gasteiger partial charge in [-0.25, -0.2) is 14.5 Å². The van der Waals surface area contributed by atoms with Gasteiger partial charge >= 0.3 is 0 Å². The largest absolute Gasteiger partial charge is 0.324 e. The third-order valence-corrected chi connectivity index (χ3v) is 6.04. The number of hydrogen-bond acceptors (Lipinski definition) is 5. The van der Waals surface area contributed by atoms with E-state index in [1.807, 2.05) is 25.1 Å². The van der Waals surface area contributed by atoms with Crippen LogP contribution in [0, 0.1) is 6.92 Å². The zero-order valence-corrected chi connectivity index (χ0v) is 18.4. The lowest BCUT2D eigenvalue weighted by Gasteiger charge is -2.16. The highest BCUT2D eigenvalue weighted by Crippen LogP contribution is 2.27. The van der Waals surface area contributed by atoms with E-state index in [1.165, 1.54) is 16.3 Å². The summed E-state index contributed by atoms with van der Waals surface area (Å²) in [6.07, 6.45) is 1.65. The quantitative estimate of drug-likeness (QED) is 0.347. The van der Waals surface area contributed by atoms with E-state index in [0.29, 0.717) is 32.6 Å². The topological polar surface area (TPSA) is 76.9 Å². The summed E-state index contributed by atoms with van der Waals surface area (Å²) in [5.41, 5.74) is 1.83. The van der Waals surface area contributed by atoms with Gasteiger partial charge in [0.15, 0.2) is 5.16 Å². The smallest absolute Gasteiger partial charge is 0.267 e. The van der Waals surface area contributed by atoms with E-state index in [2.05, 4.69) is 15.3 Å². The number of nitrogens with zero attached hydrogens (tertiary/aromatic N) is 3. The van der Waals surface area contributed by atoms with Crippen LogP contribution in [0.25, 0.3) is 16.7 Å². The molecule has 2 aromatic carbocycles. The van der Waals surface area contributed by atoms with E-state index in [-0.39, 0.29) is 11.5 Å². The van der Waals surface area contributed by atoms with Crippen LogP contribution in [0.4, 0.5) is 5.69 Å². The zero-order valence-electron chi connectivity index (χ0n) is 16.9. The average molecular weight is 451 g/mol. The summed E-state index contributed by atoms with van der Waals surface area (Å²) in [7, 11) is 0. The number of nitrogens with one attached hydrogen (secondary N) is 1. The molecule has 0 radical (unpaired) electrons. The molecular weight excluding hydrogens is 432 g/mol. The number of aromatic nitrogens is 3. The second kappa shape index (κ2) is 8.91. The Morgan fingerprint density at radius 2 is 1.87 bits per heavy atom. The number of thioether (sulfide) groups is 1. The lowest BCUT2D eigenvalue weighted by Crippen LogP contribution is -2.26. The highest BCUT2D eigenvalue weighted by atomic mass is 35.5. The van der Waals surface area contributed by atoms with Gasteiger partial charge in [0.2, 0.25) is 5.91 Å². The summed E-state index contributed by atoms with van der Waals surface area (Å²) >= 11 is 7.34. The Hall–Kier alpha value is -3.16. The maximum absolute atomic E-state index is 13.3. The van der Waals surface area contributed by atoms with Gasteiger partial charge in [0.1, 0.15) is 5.82 Å². The number of amides is 1. The molecule has 8 heteroatoms. The average Bonchev–Trinajstić information content (AvgIpc) is 2.75. The first-order valence-corrected chi connectivity index (χ1v) is 10.9. The Kier molecular flexibility index (Phi) is 6.06. The summed E-state index contributed by atoms with van der Waals surface area (Å²) in [6, 6.07) is 17.8. The molecule has 0 saturated heterocycles.